The van der Waals surface area contributed by atoms with E-state index in [1.54, 1.807) is 6.92 Å². The van der Waals surface area contributed by atoms with E-state index >= 15 is 0 Å². The van der Waals surface area contributed by atoms with Crippen LogP contribution >= 0.6 is 0 Å². The lowest BCUT2D eigenvalue weighted by molar-refractivity contribution is -0.143. The van der Waals surface area contributed by atoms with E-state index in [-0.39, 0.29) is 0 Å². The van der Waals surface area contributed by atoms with Crippen molar-refractivity contribution in [3.05, 3.63) is 0 Å². The summed E-state index contributed by atoms with van der Waals surface area (Å²) >= 11 is 0. The van der Waals surface area contributed by atoms with E-state index in [1.165, 1.54) is 0 Å². The molecule has 0 bridgehead atoms. The Kier molecular flexibility index (Phi) is 6.52. The van der Waals surface area contributed by atoms with E-state index in [2.05, 4.69) is 18.7 Å². The van der Waals surface area contributed by atoms with Crippen molar-refractivity contribution in [3.8, 4) is 0 Å². The minimum atomic E-state index is -1.10. The largest absolute Gasteiger partial charge is 0.480 e. The molecule has 0 saturated carbocycles. The first-order chi connectivity index (χ1) is 6.94. The van der Waals surface area contributed by atoms with Gasteiger partial charge in [-0.25, -0.2) is 0 Å². The molecule has 4 nitrogen and oxygen atoms in total. The van der Waals surface area contributed by atoms with Gasteiger partial charge < -0.3 is 15.7 Å². The minimum absolute atomic E-state index is 0.500. The van der Waals surface area contributed by atoms with E-state index in [9.17, 15) is 4.79 Å². The SMILES string of the molecule is CCCCN(CC)CCC(C)(N)C(=O)O. The number of carboxylic acids is 1. The van der Waals surface area contributed by atoms with Gasteiger partial charge in [-0.1, -0.05) is 20.3 Å². The molecule has 0 aromatic rings. The average Bonchev–Trinajstić information content (AvgIpc) is 2.18. The van der Waals surface area contributed by atoms with Gasteiger partial charge in [0.05, 0.1) is 0 Å². The summed E-state index contributed by atoms with van der Waals surface area (Å²) in [6.07, 6.45) is 2.82. The van der Waals surface area contributed by atoms with Crippen molar-refractivity contribution in [1.29, 1.82) is 0 Å². The van der Waals surface area contributed by atoms with Gasteiger partial charge in [-0.15, -0.1) is 0 Å². The summed E-state index contributed by atoms with van der Waals surface area (Å²) in [7, 11) is 0. The third-order valence-electron chi connectivity index (χ3n) is 2.71. The number of aliphatic carboxylic acids is 1. The molecule has 0 amide bonds. The molecule has 0 rings (SSSR count). The van der Waals surface area contributed by atoms with Crippen LogP contribution in [-0.2, 0) is 4.79 Å². The molecule has 0 aliphatic carbocycles. The van der Waals surface area contributed by atoms with Gasteiger partial charge in [-0.05, 0) is 32.9 Å². The van der Waals surface area contributed by atoms with Crippen LogP contribution in [0.1, 0.15) is 40.0 Å². The molecule has 0 aromatic heterocycles. The number of nitrogens with zero attached hydrogens (tertiary/aromatic N) is 1. The smallest absolute Gasteiger partial charge is 0.323 e. The lowest BCUT2D eigenvalue weighted by Crippen LogP contribution is -2.47. The lowest BCUT2D eigenvalue weighted by Gasteiger charge is -2.25. The summed E-state index contributed by atoms with van der Waals surface area (Å²) in [4.78, 5) is 13.0. The molecule has 0 aromatic carbocycles. The van der Waals surface area contributed by atoms with Crippen LogP contribution in [0, 0.1) is 0 Å². The van der Waals surface area contributed by atoms with Crippen LogP contribution in [0.25, 0.3) is 0 Å². The molecular weight excluding hydrogens is 192 g/mol. The minimum Gasteiger partial charge on any atom is -0.480 e. The average molecular weight is 216 g/mol. The summed E-state index contributed by atoms with van der Waals surface area (Å²) in [5.41, 5.74) is 4.57. The first kappa shape index (κ1) is 14.4. The summed E-state index contributed by atoms with van der Waals surface area (Å²) in [5.74, 6) is -0.922. The van der Waals surface area contributed by atoms with Gasteiger partial charge in [-0.2, -0.15) is 0 Å². The number of carboxylic acid groups (broad SMARTS) is 1. The van der Waals surface area contributed by atoms with Gasteiger partial charge >= 0.3 is 5.97 Å². The van der Waals surface area contributed by atoms with Gasteiger partial charge in [-0.3, -0.25) is 4.79 Å². The normalized spacial score (nSPS) is 15.3. The second kappa shape index (κ2) is 6.80. The fourth-order valence-electron chi connectivity index (χ4n) is 1.31. The quantitative estimate of drug-likeness (QED) is 0.642. The summed E-state index contributed by atoms with van der Waals surface area (Å²) in [5, 5.41) is 8.86. The standard InChI is InChI=1S/C11H24N2O2/c1-4-6-8-13(5-2)9-7-11(3,12)10(14)15/h4-9,12H2,1-3H3,(H,14,15). The molecule has 1 atom stereocenters. The number of hydrogen-bond donors (Lipinski definition) is 2. The number of carbonyl (C=O) groups is 1. The number of rotatable bonds is 8. The molecule has 4 heteroatoms. The zero-order valence-corrected chi connectivity index (χ0v) is 10.1. The summed E-state index contributed by atoms with van der Waals surface area (Å²) in [6.45, 7) is 8.56. The van der Waals surface area contributed by atoms with Crippen molar-refractivity contribution in [3.63, 3.8) is 0 Å². The summed E-state index contributed by atoms with van der Waals surface area (Å²) < 4.78 is 0. The van der Waals surface area contributed by atoms with Crippen molar-refractivity contribution in [2.24, 2.45) is 5.73 Å². The highest BCUT2D eigenvalue weighted by Gasteiger charge is 2.27. The van der Waals surface area contributed by atoms with E-state index < -0.39 is 11.5 Å². The molecular formula is C11H24N2O2. The Morgan fingerprint density at radius 2 is 2.00 bits per heavy atom. The lowest BCUT2D eigenvalue weighted by atomic mass is 9.99. The number of nitrogens with two attached hydrogens (primary N) is 1. The monoisotopic (exact) mass is 216 g/mol. The van der Waals surface area contributed by atoms with Gasteiger partial charge in [0.2, 0.25) is 0 Å². The third-order valence-corrected chi connectivity index (χ3v) is 2.71. The Hall–Kier alpha value is -0.610. The van der Waals surface area contributed by atoms with Gasteiger partial charge in [0.1, 0.15) is 5.54 Å². The molecule has 0 saturated heterocycles. The molecule has 15 heavy (non-hydrogen) atoms. The Balaban J connectivity index is 3.94. The van der Waals surface area contributed by atoms with Gasteiger partial charge in [0.15, 0.2) is 0 Å². The Bertz CT molecular complexity index is 193. The number of unbranched alkanes of at least 4 members (excludes halogenated alkanes) is 1. The molecule has 0 heterocycles. The van der Waals surface area contributed by atoms with E-state index in [0.29, 0.717) is 6.42 Å². The molecule has 1 unspecified atom stereocenters. The molecule has 0 spiro atoms. The van der Waals surface area contributed by atoms with Crippen molar-refractivity contribution in [2.45, 2.75) is 45.6 Å². The van der Waals surface area contributed by atoms with Crippen LogP contribution in [-0.4, -0.2) is 41.1 Å². The maximum Gasteiger partial charge on any atom is 0.323 e. The van der Waals surface area contributed by atoms with Crippen LogP contribution < -0.4 is 5.73 Å². The topological polar surface area (TPSA) is 66.6 Å². The molecule has 3 N–H and O–H groups in total. The van der Waals surface area contributed by atoms with Crippen molar-refractivity contribution in [1.82, 2.24) is 4.90 Å². The van der Waals surface area contributed by atoms with Gasteiger partial charge in [0, 0.05) is 6.54 Å². The zero-order valence-electron chi connectivity index (χ0n) is 10.1. The highest BCUT2D eigenvalue weighted by atomic mass is 16.4. The fourth-order valence-corrected chi connectivity index (χ4v) is 1.31. The predicted molar refractivity (Wildman–Crippen MR) is 61.9 cm³/mol. The van der Waals surface area contributed by atoms with Crippen molar-refractivity contribution in [2.75, 3.05) is 19.6 Å². The third kappa shape index (κ3) is 5.74. The molecule has 0 fully saturated rings. The first-order valence-corrected chi connectivity index (χ1v) is 5.68. The molecule has 0 aliphatic heterocycles. The van der Waals surface area contributed by atoms with Crippen LogP contribution in [0.2, 0.25) is 0 Å². The van der Waals surface area contributed by atoms with Crippen molar-refractivity contribution >= 4 is 5.97 Å². The zero-order chi connectivity index (χ0) is 11.9. The van der Waals surface area contributed by atoms with Crippen LogP contribution in [0.5, 0.6) is 0 Å². The van der Waals surface area contributed by atoms with Crippen molar-refractivity contribution < 1.29 is 9.90 Å². The highest BCUT2D eigenvalue weighted by Crippen LogP contribution is 2.07. The fraction of sp³-hybridized carbons (Fsp3) is 0.909. The van der Waals surface area contributed by atoms with E-state index in [1.807, 2.05) is 0 Å². The molecule has 0 radical (unpaired) electrons. The maximum absolute atomic E-state index is 10.8. The first-order valence-electron chi connectivity index (χ1n) is 5.68. The molecule has 0 aliphatic rings. The molecule has 90 valence electrons. The van der Waals surface area contributed by atoms with Crippen LogP contribution in [0.4, 0.5) is 0 Å². The maximum atomic E-state index is 10.8. The summed E-state index contributed by atoms with van der Waals surface area (Å²) in [6, 6.07) is 0. The van der Waals surface area contributed by atoms with Crippen LogP contribution in [0.15, 0.2) is 0 Å². The highest BCUT2D eigenvalue weighted by molar-refractivity contribution is 5.77. The Labute approximate surface area is 92.4 Å². The van der Waals surface area contributed by atoms with E-state index in [0.717, 1.165) is 32.5 Å². The van der Waals surface area contributed by atoms with E-state index in [4.69, 9.17) is 10.8 Å². The van der Waals surface area contributed by atoms with Crippen LogP contribution in [0.3, 0.4) is 0 Å². The Morgan fingerprint density at radius 3 is 2.40 bits per heavy atom. The predicted octanol–water partition coefficient (Wildman–Crippen LogP) is 1.30. The Morgan fingerprint density at radius 1 is 1.40 bits per heavy atom. The second-order valence-corrected chi connectivity index (χ2v) is 4.26. The number of hydrogen-bond acceptors (Lipinski definition) is 3. The second-order valence-electron chi connectivity index (χ2n) is 4.26. The van der Waals surface area contributed by atoms with Gasteiger partial charge in [0.25, 0.3) is 0 Å².